The van der Waals surface area contributed by atoms with E-state index in [0.29, 0.717) is 28.7 Å². The summed E-state index contributed by atoms with van der Waals surface area (Å²) in [6.45, 7) is 3.62. The quantitative estimate of drug-likeness (QED) is 0.767. The second-order valence-electron chi connectivity index (χ2n) is 4.69. The van der Waals surface area contributed by atoms with Gasteiger partial charge in [-0.3, -0.25) is 0 Å². The number of methoxy groups -OCH3 is 3. The largest absolute Gasteiger partial charge is 0.492 e. The van der Waals surface area contributed by atoms with Crippen molar-refractivity contribution in [2.45, 2.75) is 32.6 Å². The van der Waals surface area contributed by atoms with Crippen LogP contribution in [0.1, 0.15) is 38.2 Å². The molecule has 1 aromatic rings. The first-order valence-corrected chi connectivity index (χ1v) is 6.81. The molecule has 112 valence electrons. The second-order valence-corrected chi connectivity index (χ2v) is 5.10. The summed E-state index contributed by atoms with van der Waals surface area (Å²) in [4.78, 5) is 11.1. The maximum Gasteiger partial charge on any atom is 0.205 e. The molecule has 1 unspecified atom stereocenters. The van der Waals surface area contributed by atoms with Gasteiger partial charge in [0.05, 0.1) is 26.4 Å². The third-order valence-electron chi connectivity index (χ3n) is 3.25. The zero-order chi connectivity index (χ0) is 15.3. The van der Waals surface area contributed by atoms with Gasteiger partial charge in [-0.1, -0.05) is 18.5 Å². The topological polar surface area (TPSA) is 44.8 Å². The van der Waals surface area contributed by atoms with E-state index in [4.69, 9.17) is 25.8 Å². The number of hydrogen-bond acceptors (Lipinski definition) is 4. The van der Waals surface area contributed by atoms with Crippen LogP contribution in [0.5, 0.6) is 17.2 Å². The average molecular weight is 301 g/mol. The minimum Gasteiger partial charge on any atom is -0.492 e. The molecule has 5 heteroatoms. The Morgan fingerprint density at radius 2 is 1.70 bits per heavy atom. The maximum absolute atomic E-state index is 11.1. The molecule has 4 nitrogen and oxygen atoms in total. The van der Waals surface area contributed by atoms with E-state index >= 15 is 0 Å². The SMILES string of the molecule is COc1c(Cl)cc(C(C)CCC(C)=O)c(OC)c1OC. The van der Waals surface area contributed by atoms with E-state index in [-0.39, 0.29) is 11.7 Å². The highest BCUT2D eigenvalue weighted by Gasteiger charge is 2.23. The van der Waals surface area contributed by atoms with Gasteiger partial charge < -0.3 is 19.0 Å². The van der Waals surface area contributed by atoms with Gasteiger partial charge in [0.2, 0.25) is 5.75 Å². The van der Waals surface area contributed by atoms with Gasteiger partial charge in [-0.2, -0.15) is 0 Å². The van der Waals surface area contributed by atoms with Crippen LogP contribution in [0.2, 0.25) is 5.02 Å². The first kappa shape index (κ1) is 16.6. The molecule has 0 fully saturated rings. The number of ether oxygens (including phenoxy) is 3. The highest BCUT2D eigenvalue weighted by molar-refractivity contribution is 6.32. The lowest BCUT2D eigenvalue weighted by molar-refractivity contribution is -0.117. The maximum atomic E-state index is 11.1. The Hall–Kier alpha value is -1.42. The molecule has 0 saturated heterocycles. The standard InChI is InChI=1S/C15H21ClO4/c1-9(6-7-10(2)17)11-8-12(16)14(19-4)15(20-5)13(11)18-3/h8-9H,6-7H2,1-5H3. The van der Waals surface area contributed by atoms with Gasteiger partial charge in [0.1, 0.15) is 5.78 Å². The molecule has 0 N–H and O–H groups in total. The lowest BCUT2D eigenvalue weighted by atomic mass is 9.94. The van der Waals surface area contributed by atoms with Gasteiger partial charge >= 0.3 is 0 Å². The monoisotopic (exact) mass is 300 g/mol. The molecular formula is C15H21ClO4. The predicted octanol–water partition coefficient (Wildman–Crippen LogP) is 3.84. The lowest BCUT2D eigenvalue weighted by Gasteiger charge is -2.20. The van der Waals surface area contributed by atoms with Gasteiger partial charge in [0.25, 0.3) is 0 Å². The Morgan fingerprint density at radius 1 is 1.15 bits per heavy atom. The van der Waals surface area contributed by atoms with E-state index in [1.807, 2.05) is 13.0 Å². The van der Waals surface area contributed by atoms with Gasteiger partial charge in [0, 0.05) is 12.0 Å². The molecule has 0 spiro atoms. The van der Waals surface area contributed by atoms with Gasteiger partial charge in [0.15, 0.2) is 11.5 Å². The summed E-state index contributed by atoms with van der Waals surface area (Å²) in [5.74, 6) is 1.83. The van der Waals surface area contributed by atoms with Crippen LogP contribution in [0, 0.1) is 0 Å². The molecule has 0 aromatic heterocycles. The Bertz CT molecular complexity index is 485. The number of hydrogen-bond donors (Lipinski definition) is 0. The van der Waals surface area contributed by atoms with Crippen molar-refractivity contribution < 1.29 is 19.0 Å². The Kier molecular flexibility index (Phi) is 6.14. The molecular weight excluding hydrogens is 280 g/mol. The number of Topliss-reactive ketones (excluding diaryl/α,β-unsaturated/α-hetero) is 1. The van der Waals surface area contributed by atoms with Crippen LogP contribution < -0.4 is 14.2 Å². The van der Waals surface area contributed by atoms with Gasteiger partial charge in [-0.05, 0) is 25.3 Å². The van der Waals surface area contributed by atoms with Crippen LogP contribution in [0.3, 0.4) is 0 Å². The summed E-state index contributed by atoms with van der Waals surface area (Å²) in [7, 11) is 4.65. The fraction of sp³-hybridized carbons (Fsp3) is 0.533. The minimum absolute atomic E-state index is 0.131. The molecule has 0 aliphatic heterocycles. The van der Waals surface area contributed by atoms with E-state index < -0.39 is 0 Å². The Labute approximate surface area is 125 Å². The summed E-state index contributed by atoms with van der Waals surface area (Å²) in [6, 6.07) is 1.81. The summed E-state index contributed by atoms with van der Waals surface area (Å²) in [6.07, 6.45) is 1.26. The third kappa shape index (κ3) is 3.57. The average Bonchev–Trinajstić information content (AvgIpc) is 2.43. The molecule has 1 rings (SSSR count). The molecule has 0 aliphatic carbocycles. The molecule has 0 aliphatic rings. The molecule has 0 saturated carbocycles. The number of halogens is 1. The molecule has 0 heterocycles. The fourth-order valence-corrected chi connectivity index (χ4v) is 2.42. The van der Waals surface area contributed by atoms with Crippen LogP contribution in [0.15, 0.2) is 6.07 Å². The first-order chi connectivity index (χ1) is 9.46. The van der Waals surface area contributed by atoms with Crippen LogP contribution in [0.4, 0.5) is 0 Å². The first-order valence-electron chi connectivity index (χ1n) is 6.44. The Morgan fingerprint density at radius 3 is 2.15 bits per heavy atom. The van der Waals surface area contributed by atoms with E-state index in [1.54, 1.807) is 21.1 Å². The lowest BCUT2D eigenvalue weighted by Crippen LogP contribution is -2.04. The van der Waals surface area contributed by atoms with Crippen LogP contribution in [0.25, 0.3) is 0 Å². The van der Waals surface area contributed by atoms with E-state index in [1.165, 1.54) is 7.11 Å². The second kappa shape index (κ2) is 7.39. The van der Waals surface area contributed by atoms with Gasteiger partial charge in [-0.15, -0.1) is 0 Å². The van der Waals surface area contributed by atoms with Crippen molar-refractivity contribution in [2.75, 3.05) is 21.3 Å². The van der Waals surface area contributed by atoms with Gasteiger partial charge in [-0.25, -0.2) is 0 Å². The van der Waals surface area contributed by atoms with Crippen molar-refractivity contribution in [3.05, 3.63) is 16.7 Å². The fourth-order valence-electron chi connectivity index (χ4n) is 2.14. The molecule has 0 amide bonds. The Balaban J connectivity index is 3.25. The number of benzene rings is 1. The number of carbonyl (C=O) groups excluding carboxylic acids is 1. The van der Waals surface area contributed by atoms with E-state index in [9.17, 15) is 4.79 Å². The van der Waals surface area contributed by atoms with Crippen molar-refractivity contribution in [3.63, 3.8) is 0 Å². The zero-order valence-electron chi connectivity index (χ0n) is 12.6. The highest BCUT2D eigenvalue weighted by atomic mass is 35.5. The van der Waals surface area contributed by atoms with Crippen LogP contribution >= 0.6 is 11.6 Å². The van der Waals surface area contributed by atoms with Crippen molar-refractivity contribution in [1.29, 1.82) is 0 Å². The number of carbonyl (C=O) groups is 1. The molecule has 0 bridgehead atoms. The van der Waals surface area contributed by atoms with E-state index in [0.717, 1.165) is 12.0 Å². The van der Waals surface area contributed by atoms with Crippen molar-refractivity contribution in [3.8, 4) is 17.2 Å². The van der Waals surface area contributed by atoms with Crippen LogP contribution in [-0.4, -0.2) is 27.1 Å². The van der Waals surface area contributed by atoms with Crippen LogP contribution in [-0.2, 0) is 4.79 Å². The summed E-state index contributed by atoms with van der Waals surface area (Å²) < 4.78 is 16.0. The molecule has 0 radical (unpaired) electrons. The summed E-state index contributed by atoms with van der Waals surface area (Å²) in [5.41, 5.74) is 0.913. The molecule has 1 aromatic carbocycles. The van der Waals surface area contributed by atoms with Crippen molar-refractivity contribution in [2.24, 2.45) is 0 Å². The van der Waals surface area contributed by atoms with Crippen molar-refractivity contribution >= 4 is 17.4 Å². The number of rotatable bonds is 7. The predicted molar refractivity (Wildman–Crippen MR) is 79.4 cm³/mol. The number of ketones is 1. The zero-order valence-corrected chi connectivity index (χ0v) is 13.3. The minimum atomic E-state index is 0.131. The molecule has 20 heavy (non-hydrogen) atoms. The highest BCUT2D eigenvalue weighted by Crippen LogP contribution is 2.47. The summed E-state index contributed by atoms with van der Waals surface area (Å²) >= 11 is 6.22. The summed E-state index contributed by atoms with van der Waals surface area (Å²) in [5, 5.41) is 0.467. The molecule has 1 atom stereocenters. The normalized spacial score (nSPS) is 11.9. The van der Waals surface area contributed by atoms with E-state index in [2.05, 4.69) is 0 Å². The van der Waals surface area contributed by atoms with Crippen molar-refractivity contribution in [1.82, 2.24) is 0 Å². The smallest absolute Gasteiger partial charge is 0.205 e. The third-order valence-corrected chi connectivity index (χ3v) is 3.53.